The first-order chi connectivity index (χ1) is 11.9. The number of nitrogens with two attached hydrogens (primary N) is 1. The van der Waals surface area contributed by atoms with Crippen LogP contribution in [-0.4, -0.2) is 62.0 Å². The molecule has 2 fully saturated rings. The van der Waals surface area contributed by atoms with Gasteiger partial charge in [-0.1, -0.05) is 0 Å². The largest absolute Gasteiger partial charge is 0.397 e. The van der Waals surface area contributed by atoms with Crippen LogP contribution in [0.5, 0.6) is 0 Å². The van der Waals surface area contributed by atoms with Crippen molar-refractivity contribution in [2.24, 2.45) is 11.8 Å². The van der Waals surface area contributed by atoms with Gasteiger partial charge in [-0.15, -0.1) is 16.4 Å². The fourth-order valence-electron chi connectivity index (χ4n) is 3.87. The molecule has 0 spiro atoms. The maximum Gasteiger partial charge on any atom is 0.266 e. The molecule has 3 atom stereocenters. The van der Waals surface area contributed by atoms with E-state index in [4.69, 9.17) is 5.73 Å². The normalized spacial score (nSPS) is 24.8. The second-order valence-corrected chi connectivity index (χ2v) is 9.30. The Hall–Kier alpha value is -1.58. The summed E-state index contributed by atoms with van der Waals surface area (Å²) in [7, 11) is -0.930. The van der Waals surface area contributed by atoms with E-state index in [1.165, 1.54) is 11.3 Å². The van der Waals surface area contributed by atoms with Crippen molar-refractivity contribution in [3.63, 3.8) is 0 Å². The average Bonchev–Trinajstić information content (AvgIpc) is 3.21. The van der Waals surface area contributed by atoms with Gasteiger partial charge in [-0.2, -0.15) is 5.10 Å². The van der Waals surface area contributed by atoms with E-state index in [-0.39, 0.29) is 5.91 Å². The van der Waals surface area contributed by atoms with Crippen molar-refractivity contribution in [3.05, 3.63) is 16.1 Å². The third-order valence-electron chi connectivity index (χ3n) is 5.43. The van der Waals surface area contributed by atoms with Crippen LogP contribution in [0.4, 0.5) is 5.69 Å². The molecule has 4 rings (SSSR count). The predicted molar refractivity (Wildman–Crippen MR) is 99.8 cm³/mol. The number of aromatic nitrogens is 2. The number of nitrogens with zero attached hydrogens (tertiary/aromatic N) is 4. The molecule has 0 aromatic carbocycles. The number of rotatable bonds is 2. The molecule has 2 aliphatic heterocycles. The number of amides is 1. The van der Waals surface area contributed by atoms with E-state index < -0.39 is 11.0 Å². The lowest BCUT2D eigenvalue weighted by Crippen LogP contribution is -2.33. The molecule has 4 heterocycles. The summed E-state index contributed by atoms with van der Waals surface area (Å²) in [5.41, 5.74) is 8.64. The fourth-order valence-corrected chi connectivity index (χ4v) is 5.74. The summed E-state index contributed by atoms with van der Waals surface area (Å²) >= 11 is 1.33. The van der Waals surface area contributed by atoms with Gasteiger partial charge in [0.1, 0.15) is 9.71 Å². The van der Waals surface area contributed by atoms with Crippen LogP contribution in [0.15, 0.2) is 0 Å². The van der Waals surface area contributed by atoms with Gasteiger partial charge >= 0.3 is 0 Å². The van der Waals surface area contributed by atoms with Crippen LogP contribution in [0.2, 0.25) is 0 Å². The first kappa shape index (κ1) is 16.9. The molecule has 2 aliphatic rings. The number of nitrogen functional groups attached to an aromatic ring is 1. The van der Waals surface area contributed by atoms with Crippen LogP contribution in [0.25, 0.3) is 10.2 Å². The van der Waals surface area contributed by atoms with Crippen LogP contribution in [0.3, 0.4) is 0 Å². The maximum atomic E-state index is 13.0. The molecule has 2 aromatic heterocycles. The highest BCUT2D eigenvalue weighted by Gasteiger charge is 2.43. The average molecular weight is 380 g/mol. The lowest BCUT2D eigenvalue weighted by Gasteiger charge is -2.19. The highest BCUT2D eigenvalue weighted by Crippen LogP contribution is 2.38. The number of fused-ring (bicyclic) bond motifs is 2. The molecular weight excluding hydrogens is 358 g/mol. The Morgan fingerprint density at radius 3 is 2.44 bits per heavy atom. The van der Waals surface area contributed by atoms with Gasteiger partial charge in [0.25, 0.3) is 5.91 Å². The van der Waals surface area contributed by atoms with Crippen molar-refractivity contribution in [1.82, 2.24) is 19.4 Å². The van der Waals surface area contributed by atoms with E-state index in [9.17, 15) is 9.00 Å². The van der Waals surface area contributed by atoms with Gasteiger partial charge < -0.3 is 10.6 Å². The summed E-state index contributed by atoms with van der Waals surface area (Å²) < 4.78 is 13.6. The summed E-state index contributed by atoms with van der Waals surface area (Å²) in [5, 5.41) is 9.19. The van der Waals surface area contributed by atoms with Gasteiger partial charge in [-0.25, -0.2) is 8.51 Å². The van der Waals surface area contributed by atoms with E-state index in [0.29, 0.717) is 35.5 Å². The number of likely N-dealkylation sites (tertiary alicyclic amines) is 1. The molecule has 2 N–H and O–H groups in total. The number of aryl methyl sites for hydroxylation is 2. The number of hydrogen-bond donors (Lipinski definition) is 1. The smallest absolute Gasteiger partial charge is 0.266 e. The third-order valence-corrected chi connectivity index (χ3v) is 7.54. The Morgan fingerprint density at radius 1 is 1.20 bits per heavy atom. The van der Waals surface area contributed by atoms with Crippen LogP contribution in [-0.2, 0) is 11.0 Å². The molecule has 7 nitrogen and oxygen atoms in total. The molecular formula is C16H21N5O2S2. The number of carbonyl (C=O) groups is 1. The van der Waals surface area contributed by atoms with E-state index in [2.05, 4.69) is 10.2 Å². The standard InChI is InChI=1S/C16H21N5O2S2/c1-8-9(2)18-19-15-12(8)13(17)14(24-15)16(22)20-4-10-6-21(25(3)23)7-11(10)5-20/h10-11H,4-7,17H2,1-3H3. The Labute approximate surface area is 152 Å². The van der Waals surface area contributed by atoms with Crippen LogP contribution < -0.4 is 5.73 Å². The van der Waals surface area contributed by atoms with Crippen LogP contribution >= 0.6 is 11.3 Å². The first-order valence-electron chi connectivity index (χ1n) is 8.26. The number of hydrogen-bond acceptors (Lipinski definition) is 6. The lowest BCUT2D eigenvalue weighted by molar-refractivity contribution is 0.0785. The van der Waals surface area contributed by atoms with Crippen molar-refractivity contribution >= 4 is 44.1 Å². The van der Waals surface area contributed by atoms with Crippen molar-refractivity contribution in [2.45, 2.75) is 13.8 Å². The SMILES string of the molecule is Cc1nnc2sc(C(=O)N3CC4CN(S(C)=O)CC4C3)c(N)c2c1C. The quantitative estimate of drug-likeness (QED) is 0.846. The summed E-state index contributed by atoms with van der Waals surface area (Å²) in [5.74, 6) is 0.774. The zero-order valence-corrected chi connectivity index (χ0v) is 16.1. The van der Waals surface area contributed by atoms with Crippen molar-refractivity contribution in [2.75, 3.05) is 38.2 Å². The predicted octanol–water partition coefficient (Wildman–Crippen LogP) is 1.19. The number of thiophene rings is 1. The molecule has 25 heavy (non-hydrogen) atoms. The van der Waals surface area contributed by atoms with Crippen molar-refractivity contribution in [1.29, 1.82) is 0 Å². The Bertz CT molecular complexity index is 882. The van der Waals surface area contributed by atoms with Crippen LogP contribution in [0.1, 0.15) is 20.9 Å². The van der Waals surface area contributed by atoms with E-state index in [1.54, 1.807) is 6.26 Å². The number of carbonyl (C=O) groups excluding carboxylic acids is 1. The van der Waals surface area contributed by atoms with Crippen molar-refractivity contribution < 1.29 is 9.00 Å². The molecule has 0 radical (unpaired) electrons. The minimum Gasteiger partial charge on any atom is -0.397 e. The van der Waals surface area contributed by atoms with E-state index in [1.807, 2.05) is 23.1 Å². The zero-order chi connectivity index (χ0) is 17.9. The monoisotopic (exact) mass is 379 g/mol. The molecule has 0 bridgehead atoms. The highest BCUT2D eigenvalue weighted by atomic mass is 32.2. The van der Waals surface area contributed by atoms with E-state index >= 15 is 0 Å². The summed E-state index contributed by atoms with van der Waals surface area (Å²) in [6.07, 6.45) is 1.72. The molecule has 1 amide bonds. The highest BCUT2D eigenvalue weighted by molar-refractivity contribution is 7.81. The lowest BCUT2D eigenvalue weighted by atomic mass is 10.0. The maximum absolute atomic E-state index is 13.0. The first-order valence-corrected chi connectivity index (χ1v) is 10.6. The Morgan fingerprint density at radius 2 is 1.84 bits per heavy atom. The summed E-state index contributed by atoms with van der Waals surface area (Å²) in [6.45, 7) is 6.85. The van der Waals surface area contributed by atoms with Gasteiger partial charge in [0.05, 0.1) is 22.4 Å². The minimum atomic E-state index is -0.930. The van der Waals surface area contributed by atoms with E-state index in [0.717, 1.165) is 34.6 Å². The minimum absolute atomic E-state index is 0.0175. The second kappa shape index (κ2) is 6.00. The second-order valence-electron chi connectivity index (χ2n) is 6.94. The van der Waals surface area contributed by atoms with Gasteiger partial charge in [0.2, 0.25) is 0 Å². The summed E-state index contributed by atoms with van der Waals surface area (Å²) in [4.78, 5) is 16.2. The molecule has 2 saturated heterocycles. The molecule has 2 aromatic rings. The van der Waals surface area contributed by atoms with Gasteiger partial charge in [0.15, 0.2) is 0 Å². The molecule has 134 valence electrons. The van der Waals surface area contributed by atoms with Gasteiger partial charge in [-0.05, 0) is 31.2 Å². The fraction of sp³-hybridized carbons (Fsp3) is 0.562. The number of anilines is 1. The molecule has 0 aliphatic carbocycles. The Balaban J connectivity index is 1.59. The third kappa shape index (κ3) is 2.65. The molecule has 3 unspecified atom stereocenters. The van der Waals surface area contributed by atoms with Gasteiger partial charge in [0, 0.05) is 37.8 Å². The molecule has 9 heteroatoms. The van der Waals surface area contributed by atoms with Crippen molar-refractivity contribution in [3.8, 4) is 0 Å². The molecule has 0 saturated carbocycles. The summed E-state index contributed by atoms with van der Waals surface area (Å²) in [6, 6.07) is 0. The zero-order valence-electron chi connectivity index (χ0n) is 14.5. The Kier molecular flexibility index (Phi) is 4.04. The van der Waals surface area contributed by atoms with Crippen LogP contribution in [0, 0.1) is 25.7 Å². The van der Waals surface area contributed by atoms with Gasteiger partial charge in [-0.3, -0.25) is 4.79 Å². The topological polar surface area (TPSA) is 92.4 Å².